The van der Waals surface area contributed by atoms with Crippen molar-refractivity contribution in [1.82, 2.24) is 0 Å². The molecule has 0 saturated heterocycles. The minimum atomic E-state index is -1.01. The molecule has 0 amide bonds. The molecule has 12 heteroatoms. The van der Waals surface area contributed by atoms with E-state index in [1.165, 1.54) is 10.1 Å². The summed E-state index contributed by atoms with van der Waals surface area (Å²) in [5.74, 6) is -1.01. The fourth-order valence-corrected chi connectivity index (χ4v) is 3.63. The Kier molecular flexibility index (Phi) is 4.95. The summed E-state index contributed by atoms with van der Waals surface area (Å²) in [7, 11) is 0. The van der Waals surface area contributed by atoms with Gasteiger partial charge in [-0.2, -0.15) is 5.12 Å². The molecule has 4 rings (SSSR count). The highest BCUT2D eigenvalue weighted by Gasteiger charge is 2.42. The maximum atomic E-state index is 11.8. The highest BCUT2D eigenvalue weighted by Crippen LogP contribution is 2.53. The summed E-state index contributed by atoms with van der Waals surface area (Å²) >= 11 is 6.71. The number of aromatic hydroxyl groups is 1. The second-order valence-electron chi connectivity index (χ2n) is 6.19. The van der Waals surface area contributed by atoms with Crippen LogP contribution in [-0.2, 0) is 0 Å². The molecule has 0 bridgehead atoms. The van der Waals surface area contributed by atoms with E-state index in [-0.39, 0.29) is 11.4 Å². The van der Waals surface area contributed by atoms with E-state index in [0.29, 0.717) is 11.4 Å². The van der Waals surface area contributed by atoms with Crippen molar-refractivity contribution in [3.8, 4) is 5.75 Å². The molecular formula is C18H11Br2N5O5. The Labute approximate surface area is 185 Å². The first-order valence-electron chi connectivity index (χ1n) is 8.34. The van der Waals surface area contributed by atoms with Gasteiger partial charge in [0.2, 0.25) is 0 Å². The first-order valence-corrected chi connectivity index (χ1v) is 9.93. The van der Waals surface area contributed by atoms with E-state index in [0.717, 1.165) is 15.0 Å². The Hall–Kier alpha value is -3.38. The van der Waals surface area contributed by atoms with Crippen LogP contribution in [0, 0.1) is 20.2 Å². The average molecular weight is 537 g/mol. The lowest BCUT2D eigenvalue weighted by Gasteiger charge is -2.30. The number of fused-ring (bicyclic) bond motifs is 1. The van der Waals surface area contributed by atoms with E-state index in [1.807, 2.05) is 0 Å². The van der Waals surface area contributed by atoms with Crippen molar-refractivity contribution in [2.45, 2.75) is 0 Å². The van der Waals surface area contributed by atoms with Gasteiger partial charge in [-0.1, -0.05) is 31.9 Å². The first kappa shape index (κ1) is 19.9. The lowest BCUT2D eigenvalue weighted by molar-refractivity contribution is -0.395. The molecule has 3 aromatic rings. The number of nitrogens with one attached hydrogen (secondary N) is 1. The smallest absolute Gasteiger partial charge is 0.345 e. The zero-order chi connectivity index (χ0) is 21.6. The highest BCUT2D eigenvalue weighted by molar-refractivity contribution is 9.10. The third kappa shape index (κ3) is 3.29. The highest BCUT2D eigenvalue weighted by atomic mass is 79.9. The van der Waals surface area contributed by atoms with Crippen molar-refractivity contribution in [2.75, 3.05) is 15.6 Å². The minimum Gasteiger partial charge on any atom is -0.497 e. The van der Waals surface area contributed by atoms with Crippen LogP contribution in [-0.4, -0.2) is 15.0 Å². The summed E-state index contributed by atoms with van der Waals surface area (Å²) < 4.78 is 1.63. The molecule has 0 fully saturated rings. The first-order chi connectivity index (χ1) is 14.3. The van der Waals surface area contributed by atoms with Crippen LogP contribution in [0.25, 0.3) is 0 Å². The summed E-state index contributed by atoms with van der Waals surface area (Å²) in [5, 5.41) is 36.5. The van der Waals surface area contributed by atoms with Gasteiger partial charge < -0.3 is 5.11 Å². The molecule has 30 heavy (non-hydrogen) atoms. The largest absolute Gasteiger partial charge is 0.497 e. The second kappa shape index (κ2) is 7.46. The number of phenols is 1. The van der Waals surface area contributed by atoms with Crippen molar-refractivity contribution < 1.29 is 15.0 Å². The monoisotopic (exact) mass is 535 g/mol. The van der Waals surface area contributed by atoms with Gasteiger partial charge in [-0.05, 0) is 48.5 Å². The number of anilines is 4. The number of nitro groups is 2. The Morgan fingerprint density at radius 1 is 0.867 bits per heavy atom. The zero-order valence-electron chi connectivity index (χ0n) is 14.8. The molecule has 0 unspecified atom stereocenters. The van der Waals surface area contributed by atoms with Crippen LogP contribution < -0.4 is 15.6 Å². The predicted octanol–water partition coefficient (Wildman–Crippen LogP) is 5.63. The van der Waals surface area contributed by atoms with E-state index < -0.39 is 27.0 Å². The number of rotatable bonds is 4. The summed E-state index contributed by atoms with van der Waals surface area (Å²) in [4.78, 5) is 21.4. The summed E-state index contributed by atoms with van der Waals surface area (Å²) in [6, 6.07) is 15.1. The number of benzene rings is 3. The standard InChI is InChI=1S/C18H11Br2N5O5/c19-10-1-5-12(6-2-10)22-16-14(21-23(22)13-7-3-11(20)4-8-13)9-15(24(27)28)18(26)17(16)25(29)30/h1-9,21,26H. The van der Waals surface area contributed by atoms with Crippen molar-refractivity contribution >= 4 is 66.0 Å². The molecule has 2 N–H and O–H groups in total. The number of nitrogens with zero attached hydrogens (tertiary/aromatic N) is 4. The zero-order valence-corrected chi connectivity index (χ0v) is 18.0. The minimum absolute atomic E-state index is 0.0201. The molecule has 0 spiro atoms. The number of nitro benzene ring substituents is 2. The van der Waals surface area contributed by atoms with Gasteiger partial charge in [0.25, 0.3) is 5.75 Å². The second-order valence-corrected chi connectivity index (χ2v) is 8.02. The van der Waals surface area contributed by atoms with E-state index in [9.17, 15) is 25.3 Å². The van der Waals surface area contributed by atoms with Crippen LogP contribution in [0.5, 0.6) is 5.75 Å². The topological polar surface area (TPSA) is 125 Å². The Balaban J connectivity index is 1.99. The number of hydrogen-bond acceptors (Lipinski definition) is 8. The molecule has 0 radical (unpaired) electrons. The normalized spacial score (nSPS) is 12.5. The van der Waals surface area contributed by atoms with Crippen LogP contribution in [0.2, 0.25) is 0 Å². The van der Waals surface area contributed by atoms with Crippen LogP contribution in [0.15, 0.2) is 63.5 Å². The molecule has 1 aliphatic rings. The van der Waals surface area contributed by atoms with Crippen molar-refractivity contribution in [3.63, 3.8) is 0 Å². The van der Waals surface area contributed by atoms with Gasteiger partial charge in [0.15, 0.2) is 5.69 Å². The SMILES string of the molecule is O=[N+]([O-])c1cc2c(c([N+](=O)[O-])c1O)N(c1ccc(Br)cc1)N(c1ccc(Br)cc1)N2. The predicted molar refractivity (Wildman–Crippen MR) is 118 cm³/mol. The fraction of sp³-hybridized carbons (Fsp3) is 0. The molecule has 3 aromatic carbocycles. The molecule has 152 valence electrons. The summed E-state index contributed by atoms with van der Waals surface area (Å²) in [5.41, 5.74) is 2.66. The van der Waals surface area contributed by atoms with Crippen molar-refractivity contribution in [2.24, 2.45) is 0 Å². The average Bonchev–Trinajstić information content (AvgIpc) is 3.07. The van der Waals surface area contributed by atoms with E-state index >= 15 is 0 Å². The third-order valence-electron chi connectivity index (χ3n) is 4.39. The molecule has 0 aliphatic carbocycles. The van der Waals surface area contributed by atoms with Gasteiger partial charge in [0.05, 0.1) is 26.9 Å². The molecular weight excluding hydrogens is 526 g/mol. The summed E-state index contributed by atoms with van der Waals surface area (Å²) in [6.45, 7) is 0. The molecule has 0 aromatic heterocycles. The van der Waals surface area contributed by atoms with E-state index in [1.54, 1.807) is 48.5 Å². The van der Waals surface area contributed by atoms with Crippen LogP contribution in [0.3, 0.4) is 0 Å². The van der Waals surface area contributed by atoms with Gasteiger partial charge in [0, 0.05) is 15.0 Å². The molecule has 1 heterocycles. The molecule has 10 nitrogen and oxygen atoms in total. The maximum absolute atomic E-state index is 11.8. The van der Waals surface area contributed by atoms with E-state index in [2.05, 4.69) is 37.3 Å². The van der Waals surface area contributed by atoms with Crippen LogP contribution >= 0.6 is 31.9 Å². The Morgan fingerprint density at radius 2 is 1.40 bits per heavy atom. The molecule has 0 saturated carbocycles. The maximum Gasteiger partial charge on any atom is 0.345 e. The van der Waals surface area contributed by atoms with Gasteiger partial charge >= 0.3 is 11.4 Å². The number of hydrogen-bond donors (Lipinski definition) is 2. The van der Waals surface area contributed by atoms with Crippen LogP contribution in [0.1, 0.15) is 0 Å². The van der Waals surface area contributed by atoms with Crippen LogP contribution in [0.4, 0.5) is 34.1 Å². The quantitative estimate of drug-likeness (QED) is 0.249. The van der Waals surface area contributed by atoms with Gasteiger partial charge in [0.1, 0.15) is 0 Å². The van der Waals surface area contributed by atoms with E-state index in [4.69, 9.17) is 0 Å². The third-order valence-corrected chi connectivity index (χ3v) is 5.44. The Bertz CT molecular complexity index is 1170. The van der Waals surface area contributed by atoms with Gasteiger partial charge in [-0.25, -0.2) is 5.01 Å². The van der Waals surface area contributed by atoms with Crippen molar-refractivity contribution in [3.05, 3.63) is 83.8 Å². The lowest BCUT2D eigenvalue weighted by Crippen LogP contribution is -2.38. The summed E-state index contributed by atoms with van der Waals surface area (Å²) in [6.07, 6.45) is 0. The molecule has 0 atom stereocenters. The number of phenolic OH excluding ortho intramolecular Hbond substituents is 1. The number of halogens is 2. The lowest BCUT2D eigenvalue weighted by atomic mass is 10.1. The number of hydrazine groups is 2. The Morgan fingerprint density at radius 3 is 1.90 bits per heavy atom. The van der Waals surface area contributed by atoms with Crippen molar-refractivity contribution in [1.29, 1.82) is 0 Å². The van der Waals surface area contributed by atoms with Gasteiger partial charge in [-0.3, -0.25) is 25.7 Å². The van der Waals surface area contributed by atoms with Gasteiger partial charge in [-0.15, -0.1) is 0 Å². The molecule has 1 aliphatic heterocycles. The fourth-order valence-electron chi connectivity index (χ4n) is 3.10.